The number of para-hydroxylation sites is 2. The Labute approximate surface area is 132 Å². The highest BCUT2D eigenvalue weighted by Crippen LogP contribution is 2.24. The van der Waals surface area contributed by atoms with Crippen LogP contribution in [0.4, 0.5) is 5.69 Å². The zero-order chi connectivity index (χ0) is 15.2. The molecule has 0 aromatic heterocycles. The average molecular weight is 350 g/mol. The molecule has 5 heteroatoms. The molecule has 0 saturated heterocycles. The fourth-order valence-electron chi connectivity index (χ4n) is 1.78. The zero-order valence-corrected chi connectivity index (χ0v) is 13.4. The number of halogens is 1. The smallest absolute Gasteiger partial charge is 0.265 e. The lowest BCUT2D eigenvalue weighted by Gasteiger charge is -2.16. The Bertz CT molecular complexity index is 630. The van der Waals surface area contributed by atoms with E-state index in [1.807, 2.05) is 30.3 Å². The third-order valence-electron chi connectivity index (χ3n) is 2.84. The number of methoxy groups -OCH3 is 1. The predicted octanol–water partition coefficient (Wildman–Crippen LogP) is 3.86. The van der Waals surface area contributed by atoms with Gasteiger partial charge >= 0.3 is 0 Å². The third-order valence-corrected chi connectivity index (χ3v) is 3.34. The van der Waals surface area contributed by atoms with Crippen LogP contribution in [0.1, 0.15) is 6.92 Å². The Balaban J connectivity index is 2.02. The first-order valence-electron chi connectivity index (χ1n) is 6.46. The summed E-state index contributed by atoms with van der Waals surface area (Å²) in [5, 5.41) is 2.80. The van der Waals surface area contributed by atoms with Crippen molar-refractivity contribution in [1.82, 2.24) is 0 Å². The lowest BCUT2D eigenvalue weighted by Crippen LogP contribution is -2.30. The van der Waals surface area contributed by atoms with Crippen molar-refractivity contribution in [2.24, 2.45) is 0 Å². The molecule has 0 aliphatic carbocycles. The summed E-state index contributed by atoms with van der Waals surface area (Å²) in [6.45, 7) is 1.70. The second-order valence-electron chi connectivity index (χ2n) is 4.41. The minimum atomic E-state index is -0.621. The first-order chi connectivity index (χ1) is 10.1. The van der Waals surface area contributed by atoms with Gasteiger partial charge in [-0.1, -0.05) is 34.1 Å². The largest absolute Gasteiger partial charge is 0.495 e. The first-order valence-corrected chi connectivity index (χ1v) is 7.25. The van der Waals surface area contributed by atoms with E-state index < -0.39 is 6.10 Å². The molecule has 1 amide bonds. The quantitative estimate of drug-likeness (QED) is 0.891. The van der Waals surface area contributed by atoms with Gasteiger partial charge in [0.15, 0.2) is 6.10 Å². The Morgan fingerprint density at radius 3 is 2.67 bits per heavy atom. The maximum atomic E-state index is 12.2. The van der Waals surface area contributed by atoms with Crippen LogP contribution in [0, 0.1) is 0 Å². The van der Waals surface area contributed by atoms with E-state index in [4.69, 9.17) is 9.47 Å². The molecule has 0 spiro atoms. The van der Waals surface area contributed by atoms with E-state index in [9.17, 15) is 4.79 Å². The van der Waals surface area contributed by atoms with Crippen molar-refractivity contribution in [2.75, 3.05) is 12.4 Å². The molecular formula is C16H16BrNO3. The molecular weight excluding hydrogens is 334 g/mol. The van der Waals surface area contributed by atoms with Crippen molar-refractivity contribution in [3.05, 3.63) is 53.0 Å². The Morgan fingerprint density at radius 2 is 1.95 bits per heavy atom. The highest BCUT2D eigenvalue weighted by atomic mass is 79.9. The minimum absolute atomic E-state index is 0.237. The standard InChI is InChI=1S/C16H16BrNO3/c1-11(21-13-7-5-6-12(17)10-13)16(19)18-14-8-3-4-9-15(14)20-2/h3-11H,1-2H3,(H,18,19). The lowest BCUT2D eigenvalue weighted by molar-refractivity contribution is -0.122. The number of carbonyl (C=O) groups excluding carboxylic acids is 1. The average Bonchev–Trinajstić information content (AvgIpc) is 2.47. The molecule has 1 atom stereocenters. The van der Waals surface area contributed by atoms with E-state index in [0.717, 1.165) is 4.47 Å². The number of hydrogen-bond donors (Lipinski definition) is 1. The SMILES string of the molecule is COc1ccccc1NC(=O)C(C)Oc1cccc(Br)c1. The molecule has 0 fully saturated rings. The molecule has 0 aliphatic heterocycles. The summed E-state index contributed by atoms with van der Waals surface area (Å²) in [6, 6.07) is 14.6. The Morgan fingerprint density at radius 1 is 1.19 bits per heavy atom. The molecule has 4 nitrogen and oxygen atoms in total. The number of rotatable bonds is 5. The molecule has 0 bridgehead atoms. The van der Waals surface area contributed by atoms with Crippen molar-refractivity contribution < 1.29 is 14.3 Å². The van der Waals surface area contributed by atoms with Crippen molar-refractivity contribution in [1.29, 1.82) is 0 Å². The summed E-state index contributed by atoms with van der Waals surface area (Å²) in [6.07, 6.45) is -0.621. The van der Waals surface area contributed by atoms with Crippen LogP contribution < -0.4 is 14.8 Å². The number of hydrogen-bond acceptors (Lipinski definition) is 3. The maximum Gasteiger partial charge on any atom is 0.265 e. The normalized spacial score (nSPS) is 11.6. The summed E-state index contributed by atoms with van der Waals surface area (Å²) < 4.78 is 11.7. The van der Waals surface area contributed by atoms with Gasteiger partial charge < -0.3 is 14.8 Å². The van der Waals surface area contributed by atoms with Gasteiger partial charge in [0.25, 0.3) is 5.91 Å². The van der Waals surface area contributed by atoms with Crippen LogP contribution in [-0.2, 0) is 4.79 Å². The summed E-state index contributed by atoms with van der Waals surface area (Å²) in [4.78, 5) is 12.2. The second kappa shape index (κ2) is 7.13. The van der Waals surface area contributed by atoms with Gasteiger partial charge in [-0.15, -0.1) is 0 Å². The van der Waals surface area contributed by atoms with Crippen LogP contribution in [0.5, 0.6) is 11.5 Å². The summed E-state index contributed by atoms with van der Waals surface area (Å²) in [5.41, 5.74) is 0.620. The molecule has 0 radical (unpaired) electrons. The topological polar surface area (TPSA) is 47.6 Å². The van der Waals surface area contributed by atoms with Gasteiger partial charge in [-0.25, -0.2) is 0 Å². The Kier molecular flexibility index (Phi) is 5.22. The molecule has 1 N–H and O–H groups in total. The van der Waals surface area contributed by atoms with Gasteiger partial charge in [0.1, 0.15) is 11.5 Å². The van der Waals surface area contributed by atoms with Crippen LogP contribution in [-0.4, -0.2) is 19.1 Å². The molecule has 2 aromatic carbocycles. The van der Waals surface area contributed by atoms with E-state index in [1.54, 1.807) is 32.2 Å². The van der Waals surface area contributed by atoms with E-state index >= 15 is 0 Å². The molecule has 110 valence electrons. The van der Waals surface area contributed by atoms with Crippen molar-refractivity contribution in [3.8, 4) is 11.5 Å². The molecule has 0 aliphatic rings. The van der Waals surface area contributed by atoms with Crippen molar-refractivity contribution >= 4 is 27.5 Å². The minimum Gasteiger partial charge on any atom is -0.495 e. The fraction of sp³-hybridized carbons (Fsp3) is 0.188. The first kappa shape index (κ1) is 15.4. The van der Waals surface area contributed by atoms with Gasteiger partial charge in [0, 0.05) is 4.47 Å². The van der Waals surface area contributed by atoms with Crippen LogP contribution in [0.25, 0.3) is 0 Å². The molecule has 2 aromatic rings. The monoisotopic (exact) mass is 349 g/mol. The predicted molar refractivity (Wildman–Crippen MR) is 85.9 cm³/mol. The summed E-state index contributed by atoms with van der Waals surface area (Å²) in [7, 11) is 1.56. The van der Waals surface area contributed by atoms with Gasteiger partial charge in [0.05, 0.1) is 12.8 Å². The third kappa shape index (κ3) is 4.23. The highest BCUT2D eigenvalue weighted by Gasteiger charge is 2.16. The van der Waals surface area contributed by atoms with Gasteiger partial charge in [-0.05, 0) is 37.3 Å². The maximum absolute atomic E-state index is 12.2. The van der Waals surface area contributed by atoms with Gasteiger partial charge in [0.2, 0.25) is 0 Å². The summed E-state index contributed by atoms with van der Waals surface area (Å²) >= 11 is 3.36. The van der Waals surface area contributed by atoms with E-state index in [0.29, 0.717) is 17.2 Å². The number of anilines is 1. The lowest BCUT2D eigenvalue weighted by atomic mass is 10.2. The van der Waals surface area contributed by atoms with Gasteiger partial charge in [-0.3, -0.25) is 4.79 Å². The van der Waals surface area contributed by atoms with Crippen LogP contribution in [0.15, 0.2) is 53.0 Å². The number of nitrogens with one attached hydrogen (secondary N) is 1. The number of ether oxygens (including phenoxy) is 2. The summed E-state index contributed by atoms with van der Waals surface area (Å²) in [5.74, 6) is 1.01. The van der Waals surface area contributed by atoms with E-state index in [-0.39, 0.29) is 5.91 Å². The number of amides is 1. The van der Waals surface area contributed by atoms with Crippen molar-refractivity contribution in [3.63, 3.8) is 0 Å². The fourth-order valence-corrected chi connectivity index (χ4v) is 2.16. The van der Waals surface area contributed by atoms with E-state index in [1.165, 1.54) is 0 Å². The zero-order valence-electron chi connectivity index (χ0n) is 11.8. The van der Waals surface area contributed by atoms with Crippen molar-refractivity contribution in [2.45, 2.75) is 13.0 Å². The van der Waals surface area contributed by atoms with E-state index in [2.05, 4.69) is 21.2 Å². The van der Waals surface area contributed by atoms with Crippen LogP contribution >= 0.6 is 15.9 Å². The molecule has 0 heterocycles. The molecule has 21 heavy (non-hydrogen) atoms. The highest BCUT2D eigenvalue weighted by molar-refractivity contribution is 9.10. The Hall–Kier alpha value is -2.01. The van der Waals surface area contributed by atoms with Crippen LogP contribution in [0.3, 0.4) is 0 Å². The number of carbonyl (C=O) groups is 1. The second-order valence-corrected chi connectivity index (χ2v) is 5.32. The van der Waals surface area contributed by atoms with Gasteiger partial charge in [-0.2, -0.15) is 0 Å². The molecule has 0 saturated carbocycles. The molecule has 2 rings (SSSR count). The molecule has 1 unspecified atom stereocenters. The number of benzene rings is 2. The van der Waals surface area contributed by atoms with Crippen LogP contribution in [0.2, 0.25) is 0 Å².